The third-order valence-electron chi connectivity index (χ3n) is 2.22. The molecule has 2 N–H and O–H groups in total. The summed E-state index contributed by atoms with van der Waals surface area (Å²) in [5.41, 5.74) is -1.18. The summed E-state index contributed by atoms with van der Waals surface area (Å²) in [6.07, 6.45) is -2.00. The highest BCUT2D eigenvalue weighted by Gasteiger charge is 2.33. The van der Waals surface area contributed by atoms with Crippen molar-refractivity contribution in [3.05, 3.63) is 17.8 Å². The Bertz CT molecular complexity index is 401. The summed E-state index contributed by atoms with van der Waals surface area (Å²) in [6, 6.07) is 0.728. The second kappa shape index (κ2) is 6.44. The van der Waals surface area contributed by atoms with Crippen LogP contribution in [0.5, 0.6) is 0 Å². The highest BCUT2D eigenvalue weighted by molar-refractivity contribution is 7.99. The number of unbranched alkanes of at least 4 members (excludes halogenated alkanes) is 1. The fourth-order valence-corrected chi connectivity index (χ4v) is 2.33. The summed E-state index contributed by atoms with van der Waals surface area (Å²) in [6.45, 7) is 1.99. The van der Waals surface area contributed by atoms with E-state index in [1.54, 1.807) is 0 Å². The molecule has 0 aromatic carbocycles. The third kappa shape index (κ3) is 4.18. The van der Waals surface area contributed by atoms with E-state index < -0.39 is 18.9 Å². The van der Waals surface area contributed by atoms with Crippen LogP contribution in [0.4, 0.5) is 13.2 Å². The average Bonchev–Trinajstić information content (AvgIpc) is 2.28. The maximum absolute atomic E-state index is 12.5. The number of halogens is 3. The molecule has 0 amide bonds. The summed E-state index contributed by atoms with van der Waals surface area (Å²) in [4.78, 5) is 3.66. The average molecular weight is 279 g/mol. The first kappa shape index (κ1) is 15.3. The lowest BCUT2D eigenvalue weighted by Gasteiger charge is -2.11. The van der Waals surface area contributed by atoms with Crippen LogP contribution in [0.15, 0.2) is 17.3 Å². The zero-order valence-electron chi connectivity index (χ0n) is 9.74. The molecule has 3 nitrogen and oxygen atoms in total. The molecule has 0 aliphatic carbocycles. The monoisotopic (exact) mass is 279 g/mol. The standard InChI is InChI=1S/C10H13BF3NO2S/c1-2-3-4-18-9-8(11(16)17)5-7(6-15-9)10(12,13)14/h5-6,16-17H,2-4H2,1H3. The van der Waals surface area contributed by atoms with Gasteiger partial charge in [0.15, 0.2) is 0 Å². The van der Waals surface area contributed by atoms with Crippen molar-refractivity contribution in [3.63, 3.8) is 0 Å². The van der Waals surface area contributed by atoms with Gasteiger partial charge in [-0.1, -0.05) is 13.3 Å². The van der Waals surface area contributed by atoms with E-state index in [0.29, 0.717) is 11.9 Å². The molecule has 8 heteroatoms. The molecule has 0 saturated carbocycles. The molecule has 18 heavy (non-hydrogen) atoms. The van der Waals surface area contributed by atoms with Gasteiger partial charge in [0.25, 0.3) is 0 Å². The Balaban J connectivity index is 2.98. The van der Waals surface area contributed by atoms with Crippen LogP contribution in [-0.2, 0) is 6.18 Å². The van der Waals surface area contributed by atoms with Crippen molar-refractivity contribution in [2.24, 2.45) is 0 Å². The molecule has 0 spiro atoms. The number of hydrogen-bond donors (Lipinski definition) is 2. The smallest absolute Gasteiger partial charge is 0.423 e. The van der Waals surface area contributed by atoms with Gasteiger partial charge in [0, 0.05) is 11.7 Å². The van der Waals surface area contributed by atoms with Crippen LogP contribution in [0.1, 0.15) is 25.3 Å². The van der Waals surface area contributed by atoms with Crippen molar-refractivity contribution in [2.75, 3.05) is 5.75 Å². The Hall–Kier alpha value is -0.725. The minimum absolute atomic E-state index is 0.203. The van der Waals surface area contributed by atoms with Gasteiger partial charge in [-0.15, -0.1) is 11.8 Å². The number of aromatic nitrogens is 1. The number of nitrogens with zero attached hydrogens (tertiary/aromatic N) is 1. The van der Waals surface area contributed by atoms with Gasteiger partial charge in [0.1, 0.15) is 0 Å². The molecule has 0 unspecified atom stereocenters. The minimum Gasteiger partial charge on any atom is -0.423 e. The molecule has 100 valence electrons. The van der Waals surface area contributed by atoms with Gasteiger partial charge in [-0.2, -0.15) is 13.2 Å². The predicted molar refractivity (Wildman–Crippen MR) is 64.7 cm³/mol. The zero-order chi connectivity index (χ0) is 13.8. The Morgan fingerprint density at radius 1 is 1.39 bits per heavy atom. The molecule has 0 aliphatic heterocycles. The molecule has 0 aliphatic rings. The number of pyridine rings is 1. The van der Waals surface area contributed by atoms with Crippen molar-refractivity contribution >= 4 is 24.3 Å². The molecule has 1 heterocycles. The fraction of sp³-hybridized carbons (Fsp3) is 0.500. The molecular weight excluding hydrogens is 266 g/mol. The fourth-order valence-electron chi connectivity index (χ4n) is 1.24. The maximum atomic E-state index is 12.5. The number of alkyl halides is 3. The second-order valence-electron chi connectivity index (χ2n) is 3.69. The number of hydrogen-bond acceptors (Lipinski definition) is 4. The molecule has 0 fully saturated rings. The van der Waals surface area contributed by atoms with E-state index in [-0.39, 0.29) is 10.5 Å². The van der Waals surface area contributed by atoms with E-state index in [0.717, 1.165) is 18.9 Å². The van der Waals surface area contributed by atoms with E-state index in [4.69, 9.17) is 10.0 Å². The summed E-state index contributed by atoms with van der Waals surface area (Å²) in [5.74, 6) is 0.675. The van der Waals surface area contributed by atoms with E-state index >= 15 is 0 Å². The predicted octanol–water partition coefficient (Wildman–Crippen LogP) is 1.67. The van der Waals surface area contributed by atoms with Crippen molar-refractivity contribution in [2.45, 2.75) is 31.0 Å². The summed E-state index contributed by atoms with van der Waals surface area (Å²) < 4.78 is 37.4. The first-order valence-corrected chi connectivity index (χ1v) is 6.41. The van der Waals surface area contributed by atoms with E-state index in [1.807, 2.05) is 6.92 Å². The van der Waals surface area contributed by atoms with Gasteiger partial charge >= 0.3 is 13.3 Å². The lowest BCUT2D eigenvalue weighted by atomic mass is 9.81. The van der Waals surface area contributed by atoms with Crippen LogP contribution in [0.25, 0.3) is 0 Å². The number of rotatable bonds is 5. The highest BCUT2D eigenvalue weighted by Crippen LogP contribution is 2.29. The van der Waals surface area contributed by atoms with E-state index in [9.17, 15) is 13.2 Å². The number of thioether (sulfide) groups is 1. The van der Waals surface area contributed by atoms with Gasteiger partial charge in [-0.05, 0) is 18.2 Å². The molecule has 0 radical (unpaired) electrons. The Morgan fingerprint density at radius 3 is 2.56 bits per heavy atom. The summed E-state index contributed by atoms with van der Waals surface area (Å²) in [5, 5.41) is 18.4. The third-order valence-corrected chi connectivity index (χ3v) is 3.33. The first-order chi connectivity index (χ1) is 8.36. The maximum Gasteiger partial charge on any atom is 0.491 e. The van der Waals surface area contributed by atoms with Crippen LogP contribution in [0.3, 0.4) is 0 Å². The van der Waals surface area contributed by atoms with Gasteiger partial charge in [-0.3, -0.25) is 0 Å². The minimum atomic E-state index is -4.54. The Morgan fingerprint density at radius 2 is 2.06 bits per heavy atom. The molecule has 0 saturated heterocycles. The van der Waals surface area contributed by atoms with Gasteiger partial charge in [-0.25, -0.2) is 4.98 Å². The molecule has 1 rings (SSSR count). The Kier molecular flexibility index (Phi) is 5.49. The summed E-state index contributed by atoms with van der Waals surface area (Å²) >= 11 is 1.22. The SMILES string of the molecule is CCCCSc1ncc(C(F)(F)F)cc1B(O)O. The highest BCUT2D eigenvalue weighted by atomic mass is 32.2. The topological polar surface area (TPSA) is 53.4 Å². The van der Waals surface area contributed by atoms with Crippen molar-refractivity contribution in [1.82, 2.24) is 4.98 Å². The van der Waals surface area contributed by atoms with Crippen molar-refractivity contribution in [1.29, 1.82) is 0 Å². The van der Waals surface area contributed by atoms with Gasteiger partial charge in [0.2, 0.25) is 0 Å². The van der Waals surface area contributed by atoms with E-state index in [1.165, 1.54) is 11.8 Å². The zero-order valence-corrected chi connectivity index (χ0v) is 10.6. The van der Waals surface area contributed by atoms with Crippen LogP contribution in [0, 0.1) is 0 Å². The molecule has 1 aromatic rings. The van der Waals surface area contributed by atoms with Gasteiger partial charge in [0.05, 0.1) is 10.6 Å². The quantitative estimate of drug-likeness (QED) is 0.489. The lowest BCUT2D eigenvalue weighted by Crippen LogP contribution is -2.33. The van der Waals surface area contributed by atoms with Gasteiger partial charge < -0.3 is 10.0 Å². The molecule has 0 atom stereocenters. The molecular formula is C10H13BF3NO2S. The molecule has 0 bridgehead atoms. The Labute approximate surface area is 108 Å². The van der Waals surface area contributed by atoms with Crippen LogP contribution < -0.4 is 5.46 Å². The van der Waals surface area contributed by atoms with Crippen molar-refractivity contribution < 1.29 is 23.2 Å². The normalized spacial score (nSPS) is 11.7. The largest absolute Gasteiger partial charge is 0.491 e. The lowest BCUT2D eigenvalue weighted by molar-refractivity contribution is -0.137. The van der Waals surface area contributed by atoms with Crippen LogP contribution in [0.2, 0.25) is 0 Å². The summed E-state index contributed by atoms with van der Waals surface area (Å²) in [7, 11) is -1.95. The van der Waals surface area contributed by atoms with Crippen LogP contribution in [-0.4, -0.2) is 27.9 Å². The second-order valence-corrected chi connectivity index (χ2v) is 4.78. The van der Waals surface area contributed by atoms with Crippen molar-refractivity contribution in [3.8, 4) is 0 Å². The first-order valence-electron chi connectivity index (χ1n) is 5.42. The van der Waals surface area contributed by atoms with Crippen LogP contribution >= 0.6 is 11.8 Å². The van der Waals surface area contributed by atoms with E-state index in [2.05, 4.69) is 4.98 Å². The molecule has 1 aromatic heterocycles.